The van der Waals surface area contributed by atoms with Gasteiger partial charge in [-0.3, -0.25) is 10.1 Å². The van der Waals surface area contributed by atoms with Gasteiger partial charge < -0.3 is 14.8 Å². The van der Waals surface area contributed by atoms with Crippen LogP contribution in [0.3, 0.4) is 0 Å². The molecular weight excluding hydrogens is 296 g/mol. The van der Waals surface area contributed by atoms with Gasteiger partial charge in [0.15, 0.2) is 0 Å². The van der Waals surface area contributed by atoms with Crippen LogP contribution in [0.1, 0.15) is 17.0 Å². The normalized spacial score (nSPS) is 10.9. The van der Waals surface area contributed by atoms with Gasteiger partial charge in [0.1, 0.15) is 11.3 Å². The Bertz CT molecular complexity index is 873. The maximum atomic E-state index is 11.1. The van der Waals surface area contributed by atoms with Gasteiger partial charge in [0.05, 0.1) is 23.8 Å². The third-order valence-electron chi connectivity index (χ3n) is 3.65. The molecule has 2 heterocycles. The van der Waals surface area contributed by atoms with Crippen molar-refractivity contribution in [3.63, 3.8) is 0 Å². The number of aliphatic hydroxyl groups excluding tert-OH is 1. The lowest BCUT2D eigenvalue weighted by Crippen LogP contribution is -2.03. The highest BCUT2D eigenvalue weighted by Gasteiger charge is 2.14. The summed E-state index contributed by atoms with van der Waals surface area (Å²) in [5.41, 5.74) is 3.64. The maximum Gasteiger partial charge on any atom is 0.292 e. The number of aliphatic hydroxyl groups is 1. The van der Waals surface area contributed by atoms with Crippen molar-refractivity contribution in [1.29, 1.82) is 0 Å². The van der Waals surface area contributed by atoms with Crippen LogP contribution in [0.15, 0.2) is 42.6 Å². The van der Waals surface area contributed by atoms with E-state index in [1.54, 1.807) is 6.07 Å². The van der Waals surface area contributed by atoms with Crippen molar-refractivity contribution >= 4 is 17.0 Å². The van der Waals surface area contributed by atoms with E-state index in [0.29, 0.717) is 17.8 Å². The molecule has 0 aliphatic rings. The monoisotopic (exact) mass is 312 g/mol. The number of nitrogens with zero attached hydrogens (tertiary/aromatic N) is 3. The highest BCUT2D eigenvalue weighted by molar-refractivity contribution is 5.62. The Labute approximate surface area is 132 Å². The van der Waals surface area contributed by atoms with E-state index in [1.807, 2.05) is 35.7 Å². The molecular formula is C16H16N4O3. The first-order chi connectivity index (χ1) is 11.1. The lowest BCUT2D eigenvalue weighted by Gasteiger charge is -2.07. The lowest BCUT2D eigenvalue weighted by atomic mass is 10.2. The van der Waals surface area contributed by atoms with Crippen LogP contribution in [0.25, 0.3) is 5.65 Å². The molecule has 23 heavy (non-hydrogen) atoms. The third kappa shape index (κ3) is 3.00. The van der Waals surface area contributed by atoms with Crippen molar-refractivity contribution in [1.82, 2.24) is 9.38 Å². The first-order valence-electron chi connectivity index (χ1n) is 7.14. The lowest BCUT2D eigenvalue weighted by molar-refractivity contribution is -0.384. The van der Waals surface area contributed by atoms with Gasteiger partial charge in [-0.1, -0.05) is 6.07 Å². The summed E-state index contributed by atoms with van der Waals surface area (Å²) in [6.07, 6.45) is 1.90. The van der Waals surface area contributed by atoms with Crippen LogP contribution < -0.4 is 5.32 Å². The molecule has 2 N–H and O–H groups in total. The number of imidazole rings is 1. The number of pyridine rings is 1. The molecule has 0 unspecified atom stereocenters. The summed E-state index contributed by atoms with van der Waals surface area (Å²) in [5, 5.41) is 23.3. The van der Waals surface area contributed by atoms with Crippen LogP contribution in [-0.4, -0.2) is 19.4 Å². The van der Waals surface area contributed by atoms with Gasteiger partial charge in [-0.2, -0.15) is 0 Å². The number of nitro benzene ring substituents is 1. The van der Waals surface area contributed by atoms with E-state index >= 15 is 0 Å². The zero-order valence-corrected chi connectivity index (χ0v) is 12.6. The number of aryl methyl sites for hydroxylation is 1. The summed E-state index contributed by atoms with van der Waals surface area (Å²) in [6, 6.07) is 10.3. The molecule has 0 saturated carbocycles. The predicted octanol–water partition coefficient (Wildman–Crippen LogP) is 2.66. The van der Waals surface area contributed by atoms with Gasteiger partial charge in [0, 0.05) is 18.0 Å². The summed E-state index contributed by atoms with van der Waals surface area (Å²) in [6.45, 7) is 2.18. The van der Waals surface area contributed by atoms with Gasteiger partial charge in [-0.05, 0) is 36.8 Å². The van der Waals surface area contributed by atoms with E-state index in [1.165, 1.54) is 12.1 Å². The molecule has 118 valence electrons. The van der Waals surface area contributed by atoms with E-state index in [2.05, 4.69) is 10.3 Å². The predicted molar refractivity (Wildman–Crippen MR) is 86.3 cm³/mol. The Hall–Kier alpha value is -2.93. The highest BCUT2D eigenvalue weighted by Crippen LogP contribution is 2.26. The van der Waals surface area contributed by atoms with E-state index in [9.17, 15) is 15.2 Å². The fourth-order valence-electron chi connectivity index (χ4n) is 2.45. The molecule has 0 spiro atoms. The number of nitrogens with one attached hydrogen (secondary N) is 1. The summed E-state index contributed by atoms with van der Waals surface area (Å²) in [7, 11) is 0. The first kappa shape index (κ1) is 15.0. The zero-order valence-electron chi connectivity index (χ0n) is 12.6. The second kappa shape index (κ2) is 6.05. The van der Waals surface area contributed by atoms with Crippen molar-refractivity contribution < 1.29 is 10.0 Å². The molecule has 0 amide bonds. The van der Waals surface area contributed by atoms with Gasteiger partial charge in [-0.15, -0.1) is 0 Å². The largest absolute Gasteiger partial charge is 0.392 e. The molecule has 0 aliphatic heterocycles. The standard InChI is InChI=1S/C16H16N4O3/c1-11-3-2-4-16-18-13(9-19(11)16)8-17-14-7-12(10-21)5-6-15(14)20(22)23/h2-7,9,17,21H,8,10H2,1H3. The van der Waals surface area contributed by atoms with Gasteiger partial charge in [-0.25, -0.2) is 4.98 Å². The maximum absolute atomic E-state index is 11.1. The minimum absolute atomic E-state index is 0.0258. The number of hydrogen-bond donors (Lipinski definition) is 2. The van der Waals surface area contributed by atoms with E-state index in [0.717, 1.165) is 17.0 Å². The number of benzene rings is 1. The fourth-order valence-corrected chi connectivity index (χ4v) is 2.45. The van der Waals surface area contributed by atoms with Gasteiger partial charge in [0.2, 0.25) is 0 Å². The average Bonchev–Trinajstić information content (AvgIpc) is 2.97. The van der Waals surface area contributed by atoms with E-state index in [4.69, 9.17) is 0 Å². The minimum Gasteiger partial charge on any atom is -0.392 e. The molecule has 0 atom stereocenters. The SMILES string of the molecule is Cc1cccc2nc(CNc3cc(CO)ccc3[N+](=O)[O-])cn12. The van der Waals surface area contributed by atoms with Crippen molar-refractivity contribution in [2.45, 2.75) is 20.1 Å². The summed E-state index contributed by atoms with van der Waals surface area (Å²) >= 11 is 0. The van der Waals surface area contributed by atoms with Crippen LogP contribution in [-0.2, 0) is 13.2 Å². The topological polar surface area (TPSA) is 92.7 Å². The summed E-state index contributed by atoms with van der Waals surface area (Å²) in [5.74, 6) is 0. The Morgan fingerprint density at radius 2 is 2.17 bits per heavy atom. The number of rotatable bonds is 5. The Morgan fingerprint density at radius 3 is 2.87 bits per heavy atom. The van der Waals surface area contributed by atoms with Crippen molar-refractivity contribution in [3.8, 4) is 0 Å². The van der Waals surface area contributed by atoms with Crippen LogP contribution in [0.5, 0.6) is 0 Å². The molecule has 0 saturated heterocycles. The second-order valence-electron chi connectivity index (χ2n) is 5.25. The van der Waals surface area contributed by atoms with Crippen LogP contribution in [0, 0.1) is 17.0 Å². The molecule has 0 bridgehead atoms. The highest BCUT2D eigenvalue weighted by atomic mass is 16.6. The molecule has 7 heteroatoms. The molecule has 0 aliphatic carbocycles. The fraction of sp³-hybridized carbons (Fsp3) is 0.188. The third-order valence-corrected chi connectivity index (χ3v) is 3.65. The molecule has 1 aromatic carbocycles. The van der Waals surface area contributed by atoms with Gasteiger partial charge in [0.25, 0.3) is 5.69 Å². The Morgan fingerprint density at radius 1 is 1.35 bits per heavy atom. The molecule has 0 radical (unpaired) electrons. The van der Waals surface area contributed by atoms with E-state index < -0.39 is 4.92 Å². The smallest absolute Gasteiger partial charge is 0.292 e. The quantitative estimate of drug-likeness (QED) is 0.558. The van der Waals surface area contributed by atoms with Crippen molar-refractivity contribution in [2.24, 2.45) is 0 Å². The molecule has 0 fully saturated rings. The van der Waals surface area contributed by atoms with E-state index in [-0.39, 0.29) is 12.3 Å². The number of fused-ring (bicyclic) bond motifs is 1. The Kier molecular flexibility index (Phi) is 3.94. The number of anilines is 1. The number of nitro groups is 1. The summed E-state index contributed by atoms with van der Waals surface area (Å²) in [4.78, 5) is 15.1. The number of hydrogen-bond acceptors (Lipinski definition) is 5. The molecule has 2 aromatic heterocycles. The van der Waals surface area contributed by atoms with Crippen LogP contribution in [0.2, 0.25) is 0 Å². The molecule has 3 aromatic rings. The summed E-state index contributed by atoms with van der Waals surface area (Å²) < 4.78 is 1.97. The number of aromatic nitrogens is 2. The minimum atomic E-state index is -0.447. The Balaban J connectivity index is 1.86. The van der Waals surface area contributed by atoms with Crippen molar-refractivity contribution in [3.05, 3.63) is 69.7 Å². The van der Waals surface area contributed by atoms with Crippen molar-refractivity contribution in [2.75, 3.05) is 5.32 Å². The second-order valence-corrected chi connectivity index (χ2v) is 5.25. The van der Waals surface area contributed by atoms with Crippen LogP contribution >= 0.6 is 0 Å². The zero-order chi connectivity index (χ0) is 16.4. The average molecular weight is 312 g/mol. The van der Waals surface area contributed by atoms with Crippen LogP contribution in [0.4, 0.5) is 11.4 Å². The van der Waals surface area contributed by atoms with Gasteiger partial charge >= 0.3 is 0 Å². The molecule has 3 rings (SSSR count). The molecule has 7 nitrogen and oxygen atoms in total. The first-order valence-corrected chi connectivity index (χ1v) is 7.14.